The Morgan fingerprint density at radius 2 is 1.53 bits per heavy atom. The van der Waals surface area contributed by atoms with Gasteiger partial charge in [-0.1, -0.05) is 83.9 Å². The zero-order valence-corrected chi connectivity index (χ0v) is 26.0. The van der Waals surface area contributed by atoms with Crippen molar-refractivity contribution in [3.63, 3.8) is 0 Å². The van der Waals surface area contributed by atoms with Gasteiger partial charge in [0, 0.05) is 25.0 Å². The largest absolute Gasteiger partial charge is 0.416 e. The molecule has 4 aromatic rings. The maximum atomic E-state index is 14.3. The van der Waals surface area contributed by atoms with Crippen molar-refractivity contribution >= 4 is 39.1 Å². The van der Waals surface area contributed by atoms with E-state index in [1.807, 2.05) is 0 Å². The maximum absolute atomic E-state index is 14.3. The molecule has 0 aliphatic heterocycles. The monoisotopic (exact) mass is 657 g/mol. The van der Waals surface area contributed by atoms with Gasteiger partial charge in [-0.2, -0.15) is 13.2 Å². The highest BCUT2D eigenvalue weighted by Gasteiger charge is 2.36. The van der Waals surface area contributed by atoms with Gasteiger partial charge in [0.2, 0.25) is 11.8 Å². The van der Waals surface area contributed by atoms with E-state index in [0.717, 1.165) is 23.3 Å². The normalized spacial score (nSPS) is 12.3. The second kappa shape index (κ2) is 14.2. The fraction of sp³-hybridized carbons (Fsp3) is 0.212. The number of alkyl halides is 3. The van der Waals surface area contributed by atoms with Crippen LogP contribution in [-0.4, -0.2) is 44.8 Å². The highest BCUT2D eigenvalue weighted by molar-refractivity contribution is 7.92. The second-order valence-corrected chi connectivity index (χ2v) is 12.6. The number of rotatable bonds is 11. The van der Waals surface area contributed by atoms with E-state index in [-0.39, 0.29) is 23.5 Å². The van der Waals surface area contributed by atoms with Crippen molar-refractivity contribution in [2.75, 3.05) is 17.9 Å². The minimum Gasteiger partial charge on any atom is -0.357 e. The van der Waals surface area contributed by atoms with Crippen molar-refractivity contribution in [1.29, 1.82) is 0 Å². The van der Waals surface area contributed by atoms with E-state index in [9.17, 15) is 31.2 Å². The maximum Gasteiger partial charge on any atom is 0.416 e. The summed E-state index contributed by atoms with van der Waals surface area (Å²) in [6.07, 6.45) is -4.69. The number of halogens is 4. The molecule has 0 radical (unpaired) electrons. The Morgan fingerprint density at radius 3 is 2.16 bits per heavy atom. The van der Waals surface area contributed by atoms with Crippen molar-refractivity contribution in [3.05, 3.63) is 130 Å². The first-order valence-corrected chi connectivity index (χ1v) is 15.7. The summed E-state index contributed by atoms with van der Waals surface area (Å²) in [6, 6.07) is 24.0. The number of likely N-dealkylation sites (N-methyl/N-ethyl adjacent to an activating group) is 1. The number of amides is 2. The van der Waals surface area contributed by atoms with Gasteiger partial charge in [0.25, 0.3) is 10.0 Å². The van der Waals surface area contributed by atoms with Gasteiger partial charge in [-0.05, 0) is 54.4 Å². The number of benzene rings is 4. The third-order valence-corrected chi connectivity index (χ3v) is 9.32. The summed E-state index contributed by atoms with van der Waals surface area (Å²) in [7, 11) is -3.15. The van der Waals surface area contributed by atoms with Crippen LogP contribution in [0, 0.1) is 6.92 Å². The van der Waals surface area contributed by atoms with Gasteiger partial charge in [0.15, 0.2) is 0 Å². The molecule has 0 bridgehead atoms. The van der Waals surface area contributed by atoms with E-state index in [4.69, 9.17) is 11.6 Å². The first-order chi connectivity index (χ1) is 21.3. The lowest BCUT2D eigenvalue weighted by Crippen LogP contribution is -2.53. The number of sulfonamides is 1. The molecule has 0 aliphatic carbocycles. The Hall–Kier alpha value is -4.35. The van der Waals surface area contributed by atoms with Crippen LogP contribution in [0.15, 0.2) is 108 Å². The van der Waals surface area contributed by atoms with Crippen LogP contribution in [0.4, 0.5) is 18.9 Å². The molecule has 0 aliphatic rings. The summed E-state index contributed by atoms with van der Waals surface area (Å²) >= 11 is 6.43. The zero-order valence-electron chi connectivity index (χ0n) is 24.5. The van der Waals surface area contributed by atoms with Crippen LogP contribution in [0.1, 0.15) is 22.3 Å². The third kappa shape index (κ3) is 8.23. The molecule has 0 aromatic heterocycles. The molecule has 0 heterocycles. The molecule has 0 saturated heterocycles. The SMILES string of the molecule is CNC(=O)C(Cc1ccccc1)N(Cc1ccccc1Cl)C(=O)CN(c1cccc(C(F)(F)F)c1)S(=O)(=O)c1ccc(C)cc1. The van der Waals surface area contributed by atoms with Crippen molar-refractivity contribution in [1.82, 2.24) is 10.2 Å². The van der Waals surface area contributed by atoms with Gasteiger partial charge in [-0.3, -0.25) is 13.9 Å². The highest BCUT2D eigenvalue weighted by atomic mass is 35.5. The minimum atomic E-state index is -4.77. The lowest BCUT2D eigenvalue weighted by atomic mass is 10.0. The predicted molar refractivity (Wildman–Crippen MR) is 167 cm³/mol. The van der Waals surface area contributed by atoms with Gasteiger partial charge in [-0.15, -0.1) is 0 Å². The number of nitrogens with one attached hydrogen (secondary N) is 1. The molecule has 4 aromatic carbocycles. The van der Waals surface area contributed by atoms with Crippen LogP contribution in [0.25, 0.3) is 0 Å². The molecule has 7 nitrogen and oxygen atoms in total. The molecule has 0 spiro atoms. The van der Waals surface area contributed by atoms with Crippen molar-refractivity contribution < 1.29 is 31.2 Å². The molecule has 0 fully saturated rings. The van der Waals surface area contributed by atoms with Crippen LogP contribution >= 0.6 is 11.6 Å². The van der Waals surface area contributed by atoms with Crippen LogP contribution in [0.3, 0.4) is 0 Å². The Bertz CT molecular complexity index is 1750. The molecular formula is C33H31ClF3N3O4S. The van der Waals surface area contributed by atoms with E-state index >= 15 is 0 Å². The topological polar surface area (TPSA) is 86.8 Å². The summed E-state index contributed by atoms with van der Waals surface area (Å²) in [6.45, 7) is 0.678. The predicted octanol–water partition coefficient (Wildman–Crippen LogP) is 6.25. The number of hydrogen-bond donors (Lipinski definition) is 1. The summed E-state index contributed by atoms with van der Waals surface area (Å²) in [4.78, 5) is 28.6. The first-order valence-electron chi connectivity index (χ1n) is 13.9. The number of carbonyl (C=O) groups is 2. The zero-order chi connectivity index (χ0) is 32.8. The number of aryl methyl sites for hydroxylation is 1. The highest BCUT2D eigenvalue weighted by Crippen LogP contribution is 2.33. The molecule has 1 atom stereocenters. The van der Waals surface area contributed by atoms with Crippen LogP contribution in [-0.2, 0) is 38.8 Å². The average molecular weight is 658 g/mol. The molecule has 2 amide bonds. The van der Waals surface area contributed by atoms with Gasteiger partial charge in [-0.25, -0.2) is 8.42 Å². The molecule has 0 saturated carbocycles. The molecule has 1 N–H and O–H groups in total. The fourth-order valence-electron chi connectivity index (χ4n) is 4.73. The molecule has 236 valence electrons. The molecule has 4 rings (SSSR count). The standard InChI is InChI=1S/C33H31ClF3N3O4S/c1-23-15-17-28(18-16-23)45(43,44)40(27-13-8-12-26(20-27)33(35,36)37)22-31(41)39(21-25-11-6-7-14-29(25)34)30(32(42)38-2)19-24-9-4-3-5-10-24/h3-18,20,30H,19,21-22H2,1-2H3,(H,38,42). The Morgan fingerprint density at radius 1 is 0.889 bits per heavy atom. The Balaban J connectivity index is 1.84. The lowest BCUT2D eigenvalue weighted by molar-refractivity contribution is -0.139. The Kier molecular flexibility index (Phi) is 10.6. The van der Waals surface area contributed by atoms with Gasteiger partial charge < -0.3 is 10.2 Å². The summed E-state index contributed by atoms with van der Waals surface area (Å²) in [5.74, 6) is -1.35. The average Bonchev–Trinajstić information content (AvgIpc) is 3.02. The van der Waals surface area contributed by atoms with Gasteiger partial charge in [0.1, 0.15) is 12.6 Å². The third-order valence-electron chi connectivity index (χ3n) is 7.17. The number of anilines is 1. The smallest absolute Gasteiger partial charge is 0.357 e. The van der Waals surface area contributed by atoms with Gasteiger partial charge in [0.05, 0.1) is 16.1 Å². The quantitative estimate of drug-likeness (QED) is 0.207. The number of hydrogen-bond acceptors (Lipinski definition) is 4. The van der Waals surface area contributed by atoms with Crippen molar-refractivity contribution in [2.24, 2.45) is 0 Å². The molecule has 12 heteroatoms. The van der Waals surface area contributed by atoms with Crippen molar-refractivity contribution in [2.45, 2.75) is 37.0 Å². The summed E-state index contributed by atoms with van der Waals surface area (Å²) < 4.78 is 69.8. The van der Waals surface area contributed by atoms with Crippen molar-refractivity contribution in [3.8, 4) is 0 Å². The molecule has 45 heavy (non-hydrogen) atoms. The van der Waals surface area contributed by atoms with Crippen LogP contribution in [0.5, 0.6) is 0 Å². The summed E-state index contributed by atoms with van der Waals surface area (Å²) in [5.41, 5.74) is 0.523. The van der Waals surface area contributed by atoms with Crippen LogP contribution < -0.4 is 9.62 Å². The second-order valence-electron chi connectivity index (χ2n) is 10.3. The fourth-order valence-corrected chi connectivity index (χ4v) is 6.34. The molecule has 1 unspecified atom stereocenters. The van der Waals surface area contributed by atoms with Gasteiger partial charge >= 0.3 is 6.18 Å². The van der Waals surface area contributed by atoms with E-state index in [1.54, 1.807) is 73.7 Å². The minimum absolute atomic E-state index is 0.0744. The van der Waals surface area contributed by atoms with Crippen LogP contribution in [0.2, 0.25) is 5.02 Å². The van der Waals surface area contributed by atoms with E-state index < -0.39 is 46.2 Å². The lowest BCUT2D eigenvalue weighted by Gasteiger charge is -2.34. The Labute approximate surface area is 265 Å². The number of carbonyl (C=O) groups excluding carboxylic acids is 2. The first kappa shape index (κ1) is 33.5. The molecular weight excluding hydrogens is 627 g/mol. The van der Waals surface area contributed by atoms with E-state index in [0.29, 0.717) is 21.0 Å². The van der Waals surface area contributed by atoms with E-state index in [1.165, 1.54) is 30.1 Å². The number of nitrogens with zero attached hydrogens (tertiary/aromatic N) is 2. The van der Waals surface area contributed by atoms with E-state index in [2.05, 4.69) is 5.32 Å². The summed E-state index contributed by atoms with van der Waals surface area (Å²) in [5, 5.41) is 2.88.